The Balaban J connectivity index is 1.82. The van der Waals surface area contributed by atoms with E-state index in [-0.39, 0.29) is 18.3 Å². The molecule has 110 valence electrons. The molecule has 0 bridgehead atoms. The molecule has 0 heterocycles. The van der Waals surface area contributed by atoms with Gasteiger partial charge in [0, 0.05) is 5.69 Å². The van der Waals surface area contributed by atoms with Gasteiger partial charge in [0.25, 0.3) is 5.91 Å². The van der Waals surface area contributed by atoms with Crippen LogP contribution in [0.1, 0.15) is 6.92 Å². The van der Waals surface area contributed by atoms with Crippen LogP contribution in [0, 0.1) is 5.82 Å². The maximum Gasteiger partial charge on any atom is 0.262 e. The Morgan fingerprint density at radius 1 is 1.00 bits per heavy atom. The van der Waals surface area contributed by atoms with Crippen LogP contribution in [0.3, 0.4) is 0 Å². The van der Waals surface area contributed by atoms with Gasteiger partial charge >= 0.3 is 0 Å². The second kappa shape index (κ2) is 7.28. The molecule has 0 aliphatic carbocycles. The molecule has 0 atom stereocenters. The highest BCUT2D eigenvalue weighted by Crippen LogP contribution is 2.16. The second-order valence-corrected chi connectivity index (χ2v) is 4.25. The lowest BCUT2D eigenvalue weighted by atomic mass is 10.3. The fourth-order valence-electron chi connectivity index (χ4n) is 1.68. The minimum Gasteiger partial charge on any atom is -0.494 e. The van der Waals surface area contributed by atoms with E-state index < -0.39 is 0 Å². The van der Waals surface area contributed by atoms with E-state index in [4.69, 9.17) is 9.47 Å². The van der Waals surface area contributed by atoms with Gasteiger partial charge in [0.05, 0.1) is 6.61 Å². The molecule has 2 rings (SSSR count). The van der Waals surface area contributed by atoms with Crippen molar-refractivity contribution < 1.29 is 18.7 Å². The molecular formula is C16H16FNO3. The van der Waals surface area contributed by atoms with Crippen molar-refractivity contribution in [2.24, 2.45) is 0 Å². The number of nitrogens with one attached hydrogen (secondary N) is 1. The summed E-state index contributed by atoms with van der Waals surface area (Å²) in [6.07, 6.45) is 0. The van der Waals surface area contributed by atoms with E-state index in [2.05, 4.69) is 5.32 Å². The molecule has 1 N–H and O–H groups in total. The van der Waals surface area contributed by atoms with Gasteiger partial charge in [0.2, 0.25) is 0 Å². The summed E-state index contributed by atoms with van der Waals surface area (Å²) in [6, 6.07) is 12.6. The minimum atomic E-state index is -0.346. The minimum absolute atomic E-state index is 0.140. The summed E-state index contributed by atoms with van der Waals surface area (Å²) in [7, 11) is 0. The Labute approximate surface area is 122 Å². The standard InChI is InChI=1S/C16H16FNO3/c1-2-20-14-9-5-13(6-10-14)18-16(19)11-21-15-7-3-12(17)4-8-15/h3-10H,2,11H2,1H3,(H,18,19). The maximum absolute atomic E-state index is 12.7. The third kappa shape index (κ3) is 4.80. The van der Waals surface area contributed by atoms with Crippen LogP contribution in [-0.2, 0) is 4.79 Å². The van der Waals surface area contributed by atoms with Crippen LogP contribution in [0.4, 0.5) is 10.1 Å². The second-order valence-electron chi connectivity index (χ2n) is 4.25. The van der Waals surface area contributed by atoms with Crippen molar-refractivity contribution in [3.05, 3.63) is 54.3 Å². The Kier molecular flexibility index (Phi) is 5.15. The van der Waals surface area contributed by atoms with Gasteiger partial charge in [-0.25, -0.2) is 4.39 Å². The molecule has 0 radical (unpaired) electrons. The predicted molar refractivity (Wildman–Crippen MR) is 78.1 cm³/mol. The third-order valence-corrected chi connectivity index (χ3v) is 2.63. The van der Waals surface area contributed by atoms with Gasteiger partial charge in [-0.1, -0.05) is 0 Å². The molecule has 2 aromatic rings. The number of carbonyl (C=O) groups excluding carboxylic acids is 1. The number of anilines is 1. The molecule has 2 aromatic carbocycles. The summed E-state index contributed by atoms with van der Waals surface area (Å²) < 4.78 is 23.3. The van der Waals surface area contributed by atoms with Gasteiger partial charge in [-0.2, -0.15) is 0 Å². The molecule has 21 heavy (non-hydrogen) atoms. The summed E-state index contributed by atoms with van der Waals surface area (Å²) in [5.74, 6) is 0.556. The molecule has 0 aromatic heterocycles. The number of rotatable bonds is 6. The van der Waals surface area contributed by atoms with Crippen molar-refractivity contribution in [2.45, 2.75) is 6.92 Å². The zero-order valence-electron chi connectivity index (χ0n) is 11.6. The van der Waals surface area contributed by atoms with E-state index >= 15 is 0 Å². The molecular weight excluding hydrogens is 273 g/mol. The maximum atomic E-state index is 12.7. The Morgan fingerprint density at radius 2 is 1.57 bits per heavy atom. The largest absolute Gasteiger partial charge is 0.494 e. The Hall–Kier alpha value is -2.56. The highest BCUT2D eigenvalue weighted by Gasteiger charge is 2.04. The fraction of sp³-hybridized carbons (Fsp3) is 0.188. The number of carbonyl (C=O) groups is 1. The van der Waals surface area contributed by atoms with E-state index in [0.29, 0.717) is 18.0 Å². The molecule has 1 amide bonds. The first-order chi connectivity index (χ1) is 10.2. The van der Waals surface area contributed by atoms with Crippen molar-refractivity contribution in [2.75, 3.05) is 18.5 Å². The van der Waals surface area contributed by atoms with E-state index in [9.17, 15) is 9.18 Å². The van der Waals surface area contributed by atoms with Crippen LogP contribution in [0.25, 0.3) is 0 Å². The lowest BCUT2D eigenvalue weighted by Crippen LogP contribution is -2.20. The average Bonchev–Trinajstić information content (AvgIpc) is 2.49. The molecule has 0 aliphatic rings. The van der Waals surface area contributed by atoms with E-state index in [0.717, 1.165) is 5.75 Å². The number of hydrogen-bond donors (Lipinski definition) is 1. The van der Waals surface area contributed by atoms with Crippen molar-refractivity contribution in [3.63, 3.8) is 0 Å². The normalized spacial score (nSPS) is 10.0. The average molecular weight is 289 g/mol. The van der Waals surface area contributed by atoms with Gasteiger partial charge in [-0.15, -0.1) is 0 Å². The molecule has 4 nitrogen and oxygen atoms in total. The molecule has 0 fully saturated rings. The third-order valence-electron chi connectivity index (χ3n) is 2.63. The topological polar surface area (TPSA) is 47.6 Å². The van der Waals surface area contributed by atoms with Crippen molar-refractivity contribution in [3.8, 4) is 11.5 Å². The van der Waals surface area contributed by atoms with Crippen LogP contribution in [0.5, 0.6) is 11.5 Å². The predicted octanol–water partition coefficient (Wildman–Crippen LogP) is 3.24. The monoisotopic (exact) mass is 289 g/mol. The van der Waals surface area contributed by atoms with Crippen LogP contribution in [0.15, 0.2) is 48.5 Å². The molecule has 0 saturated heterocycles. The highest BCUT2D eigenvalue weighted by molar-refractivity contribution is 5.91. The lowest BCUT2D eigenvalue weighted by molar-refractivity contribution is -0.118. The molecule has 0 spiro atoms. The van der Waals surface area contributed by atoms with Crippen LogP contribution < -0.4 is 14.8 Å². The zero-order valence-corrected chi connectivity index (χ0v) is 11.6. The number of halogens is 1. The summed E-state index contributed by atoms with van der Waals surface area (Å²) in [6.45, 7) is 2.36. The summed E-state index contributed by atoms with van der Waals surface area (Å²) in [4.78, 5) is 11.7. The van der Waals surface area contributed by atoms with Crippen molar-refractivity contribution in [1.82, 2.24) is 0 Å². The quantitative estimate of drug-likeness (QED) is 0.888. The molecule has 0 aliphatic heterocycles. The summed E-state index contributed by atoms with van der Waals surface area (Å²) >= 11 is 0. The first kappa shape index (κ1) is 14.8. The van der Waals surface area contributed by atoms with Crippen LogP contribution in [-0.4, -0.2) is 19.1 Å². The molecule has 5 heteroatoms. The first-order valence-electron chi connectivity index (χ1n) is 6.58. The summed E-state index contributed by atoms with van der Waals surface area (Å²) in [5, 5.41) is 2.70. The van der Waals surface area contributed by atoms with Gasteiger partial charge in [0.1, 0.15) is 17.3 Å². The molecule has 0 unspecified atom stereocenters. The Morgan fingerprint density at radius 3 is 2.19 bits per heavy atom. The fourth-order valence-corrected chi connectivity index (χ4v) is 1.68. The highest BCUT2D eigenvalue weighted by atomic mass is 19.1. The molecule has 0 saturated carbocycles. The summed E-state index contributed by atoms with van der Waals surface area (Å²) in [5.41, 5.74) is 0.658. The Bertz CT molecular complexity index is 581. The van der Waals surface area contributed by atoms with Crippen LogP contribution in [0.2, 0.25) is 0 Å². The number of ether oxygens (including phenoxy) is 2. The van der Waals surface area contributed by atoms with Gasteiger partial charge in [-0.05, 0) is 55.5 Å². The van der Waals surface area contributed by atoms with Gasteiger partial charge < -0.3 is 14.8 Å². The van der Waals surface area contributed by atoms with Crippen molar-refractivity contribution in [1.29, 1.82) is 0 Å². The smallest absolute Gasteiger partial charge is 0.262 e. The number of benzene rings is 2. The van der Waals surface area contributed by atoms with E-state index in [1.54, 1.807) is 24.3 Å². The van der Waals surface area contributed by atoms with Crippen LogP contribution >= 0.6 is 0 Å². The van der Waals surface area contributed by atoms with Crippen molar-refractivity contribution >= 4 is 11.6 Å². The number of hydrogen-bond acceptors (Lipinski definition) is 3. The lowest BCUT2D eigenvalue weighted by Gasteiger charge is -2.08. The van der Waals surface area contributed by atoms with Gasteiger partial charge in [-0.3, -0.25) is 4.79 Å². The zero-order chi connectivity index (χ0) is 15.1. The first-order valence-corrected chi connectivity index (χ1v) is 6.58. The van der Waals surface area contributed by atoms with Gasteiger partial charge in [0.15, 0.2) is 6.61 Å². The van der Waals surface area contributed by atoms with E-state index in [1.165, 1.54) is 24.3 Å². The number of amides is 1. The SMILES string of the molecule is CCOc1ccc(NC(=O)COc2ccc(F)cc2)cc1. The van der Waals surface area contributed by atoms with E-state index in [1.807, 2.05) is 6.92 Å².